The average Bonchev–Trinajstić information content (AvgIpc) is 2.71. The lowest BCUT2D eigenvalue weighted by atomic mass is 9.98. The number of benzene rings is 2. The molecule has 0 unspecified atom stereocenters. The van der Waals surface area contributed by atoms with Crippen molar-refractivity contribution in [2.75, 3.05) is 0 Å². The van der Waals surface area contributed by atoms with Crippen LogP contribution in [-0.2, 0) is 0 Å². The van der Waals surface area contributed by atoms with Gasteiger partial charge in [-0.05, 0) is 32.0 Å². The van der Waals surface area contributed by atoms with E-state index in [1.807, 2.05) is 0 Å². The van der Waals surface area contributed by atoms with Crippen molar-refractivity contribution in [1.29, 1.82) is 0 Å². The first-order chi connectivity index (χ1) is 11.9. The monoisotopic (exact) mass is 344 g/mol. The van der Waals surface area contributed by atoms with Crippen molar-refractivity contribution in [3.63, 3.8) is 0 Å². The SMILES string of the molecule is Cc1c2oc(-c3ccc(O)c(O)c3)c3oooc(c-2c3O)c(C)c1=O. The van der Waals surface area contributed by atoms with Gasteiger partial charge in [-0.3, -0.25) is 9.37 Å². The molecule has 1 aromatic heterocycles. The molecule has 1 aliphatic heterocycles. The van der Waals surface area contributed by atoms with E-state index in [2.05, 4.69) is 4.74 Å². The molecule has 0 radical (unpaired) electrons. The summed E-state index contributed by atoms with van der Waals surface area (Å²) in [4.78, 5) is 12.4. The van der Waals surface area contributed by atoms with E-state index in [1.54, 1.807) is 6.92 Å². The van der Waals surface area contributed by atoms with Crippen molar-refractivity contribution in [2.24, 2.45) is 0 Å². The van der Waals surface area contributed by atoms with Crippen molar-refractivity contribution in [3.8, 4) is 39.9 Å². The topological polar surface area (TPSA) is 130 Å². The fourth-order valence-electron chi connectivity index (χ4n) is 2.80. The van der Waals surface area contributed by atoms with Crippen LogP contribution < -0.4 is 5.43 Å². The number of phenols is 2. The second-order valence-corrected chi connectivity index (χ2v) is 5.66. The van der Waals surface area contributed by atoms with Crippen LogP contribution in [0.2, 0.25) is 0 Å². The largest absolute Gasteiger partial charge is 0.504 e. The molecule has 0 amide bonds. The maximum Gasteiger partial charge on any atom is 0.268 e. The number of phenolic OH excluding ortho intramolecular Hbond substituents is 2. The third kappa shape index (κ3) is 1.97. The maximum absolute atomic E-state index is 12.4. The zero-order valence-electron chi connectivity index (χ0n) is 13.1. The minimum atomic E-state index is -0.392. The van der Waals surface area contributed by atoms with Gasteiger partial charge in [-0.1, -0.05) is 4.74 Å². The van der Waals surface area contributed by atoms with E-state index in [4.69, 9.17) is 13.6 Å². The van der Waals surface area contributed by atoms with E-state index in [-0.39, 0.29) is 61.9 Å². The molecule has 2 heterocycles. The molecule has 3 N–H and O–H groups in total. The van der Waals surface area contributed by atoms with Crippen LogP contribution >= 0.6 is 0 Å². The van der Waals surface area contributed by atoms with Gasteiger partial charge in [0.15, 0.2) is 28.4 Å². The minimum Gasteiger partial charge on any atom is -0.504 e. The first-order valence-corrected chi connectivity index (χ1v) is 7.26. The smallest absolute Gasteiger partial charge is 0.268 e. The highest BCUT2D eigenvalue weighted by Crippen LogP contribution is 2.46. The third-order valence-electron chi connectivity index (χ3n) is 4.15. The van der Waals surface area contributed by atoms with Gasteiger partial charge >= 0.3 is 0 Å². The highest BCUT2D eigenvalue weighted by Gasteiger charge is 2.29. The number of hydrogen-bond acceptors (Lipinski definition) is 8. The molecule has 1 aromatic carbocycles. The Hall–Kier alpha value is -3.55. The average molecular weight is 344 g/mol. The van der Waals surface area contributed by atoms with Gasteiger partial charge in [-0.25, -0.2) is 4.58 Å². The Kier molecular flexibility index (Phi) is 2.98. The van der Waals surface area contributed by atoms with Gasteiger partial charge in [0.1, 0.15) is 11.3 Å². The molecule has 0 fully saturated rings. The second kappa shape index (κ2) is 4.97. The number of rotatable bonds is 1. The molecular weight excluding hydrogens is 332 g/mol. The van der Waals surface area contributed by atoms with Crippen molar-refractivity contribution in [3.05, 3.63) is 39.5 Å². The van der Waals surface area contributed by atoms with Crippen LogP contribution in [0.3, 0.4) is 0 Å². The molecule has 8 heteroatoms. The van der Waals surface area contributed by atoms with E-state index in [0.29, 0.717) is 0 Å². The zero-order chi connectivity index (χ0) is 17.9. The number of fused-ring (bicyclic) bond motifs is 1. The van der Waals surface area contributed by atoms with E-state index in [0.717, 1.165) is 0 Å². The van der Waals surface area contributed by atoms with Gasteiger partial charge in [0, 0.05) is 16.7 Å². The van der Waals surface area contributed by atoms with Gasteiger partial charge in [0.05, 0.1) is 0 Å². The van der Waals surface area contributed by atoms with Crippen molar-refractivity contribution < 1.29 is 33.6 Å². The lowest BCUT2D eigenvalue weighted by Gasteiger charge is -2.12. The van der Waals surface area contributed by atoms with E-state index < -0.39 is 5.75 Å². The summed E-state index contributed by atoms with van der Waals surface area (Å²) < 4.78 is 20.4. The second-order valence-electron chi connectivity index (χ2n) is 5.66. The predicted octanol–water partition coefficient (Wildman–Crippen LogP) is 3.64. The Labute approximate surface area is 139 Å². The zero-order valence-corrected chi connectivity index (χ0v) is 13.1. The van der Waals surface area contributed by atoms with Gasteiger partial charge < -0.3 is 19.7 Å². The Balaban J connectivity index is 2.22. The Morgan fingerprint density at radius 2 is 1.60 bits per heavy atom. The van der Waals surface area contributed by atoms with Crippen LogP contribution in [0.15, 0.2) is 41.3 Å². The number of aryl methyl sites for hydroxylation is 1. The third-order valence-corrected chi connectivity index (χ3v) is 4.15. The molecule has 0 saturated heterocycles. The molecule has 0 spiro atoms. The highest BCUT2D eigenvalue weighted by atomic mass is 17.2. The molecule has 2 aliphatic rings. The lowest BCUT2D eigenvalue weighted by Crippen LogP contribution is -2.11. The molecule has 128 valence electrons. The van der Waals surface area contributed by atoms with E-state index in [1.165, 1.54) is 25.1 Å². The van der Waals surface area contributed by atoms with Gasteiger partial charge in [0.25, 0.3) is 5.58 Å². The van der Waals surface area contributed by atoms with Crippen LogP contribution in [0.4, 0.5) is 0 Å². The summed E-state index contributed by atoms with van der Waals surface area (Å²) in [5.74, 6) is -0.957. The van der Waals surface area contributed by atoms with Crippen LogP contribution in [-0.4, -0.2) is 15.3 Å². The van der Waals surface area contributed by atoms with Gasteiger partial charge in [-0.2, -0.15) is 0 Å². The fraction of sp³-hybridized carbons (Fsp3) is 0.118. The Bertz CT molecular complexity index is 1170. The van der Waals surface area contributed by atoms with Crippen LogP contribution in [0.1, 0.15) is 11.1 Å². The molecule has 1 aliphatic carbocycles. The number of hydrogen-bond donors (Lipinski definition) is 3. The molecular formula is C17H12O8. The summed E-state index contributed by atoms with van der Waals surface area (Å²) in [5.41, 5.74) is 0.425. The van der Waals surface area contributed by atoms with Crippen LogP contribution in [0.5, 0.6) is 17.2 Å². The molecule has 0 saturated carbocycles. The normalized spacial score (nSPS) is 11.4. The van der Waals surface area contributed by atoms with E-state index >= 15 is 0 Å². The van der Waals surface area contributed by atoms with Crippen molar-refractivity contribution in [2.45, 2.75) is 13.8 Å². The van der Waals surface area contributed by atoms with Crippen LogP contribution in [0, 0.1) is 13.8 Å². The lowest BCUT2D eigenvalue weighted by molar-refractivity contribution is -0.157. The summed E-state index contributed by atoms with van der Waals surface area (Å²) in [6.45, 7) is 3.09. The van der Waals surface area contributed by atoms with Crippen molar-refractivity contribution in [1.82, 2.24) is 0 Å². The first kappa shape index (κ1) is 15.0. The fourth-order valence-corrected chi connectivity index (χ4v) is 2.80. The summed E-state index contributed by atoms with van der Waals surface area (Å²) in [5, 5.41) is 29.8. The standard InChI is InChI=1S/C17H12O8/c1-6-12(20)7(2)15-11-13(21)17(24-25-23-15)16(22-14(6)11)8-3-4-9(18)10(19)5-8/h3-5,18-19,21H,1-2H3. The van der Waals surface area contributed by atoms with Crippen molar-refractivity contribution >= 4 is 11.2 Å². The Morgan fingerprint density at radius 1 is 0.880 bits per heavy atom. The van der Waals surface area contributed by atoms with Gasteiger partial charge in [-0.15, -0.1) is 0 Å². The quantitative estimate of drug-likeness (QED) is 0.352. The minimum absolute atomic E-state index is 0.00528. The molecule has 8 nitrogen and oxygen atoms in total. The first-order valence-electron chi connectivity index (χ1n) is 7.26. The molecule has 4 rings (SSSR count). The highest BCUT2D eigenvalue weighted by molar-refractivity contribution is 5.94. The summed E-state index contributed by atoms with van der Waals surface area (Å²) in [6, 6.07) is 3.90. The van der Waals surface area contributed by atoms with Gasteiger partial charge in [0.2, 0.25) is 5.58 Å². The number of aromatic hydroxyl groups is 3. The molecule has 2 aromatic rings. The summed E-state index contributed by atoms with van der Waals surface area (Å²) in [7, 11) is 0. The van der Waals surface area contributed by atoms with Crippen LogP contribution in [0.25, 0.3) is 33.8 Å². The van der Waals surface area contributed by atoms with E-state index in [9.17, 15) is 20.1 Å². The molecule has 2 bridgehead atoms. The molecule has 25 heavy (non-hydrogen) atoms. The summed E-state index contributed by atoms with van der Waals surface area (Å²) in [6.07, 6.45) is 0. The summed E-state index contributed by atoms with van der Waals surface area (Å²) >= 11 is 0. The Morgan fingerprint density at radius 3 is 2.32 bits per heavy atom. The predicted molar refractivity (Wildman–Crippen MR) is 84.6 cm³/mol. The molecule has 0 atom stereocenters. The maximum atomic E-state index is 12.4.